The van der Waals surface area contributed by atoms with Gasteiger partial charge in [0.25, 0.3) is 4.05 Å². The minimum absolute atomic E-state index is 0. The second-order valence-electron chi connectivity index (χ2n) is 3.63. The molecule has 0 aliphatic heterocycles. The van der Waals surface area contributed by atoms with Gasteiger partial charge in [0.2, 0.25) is 0 Å². The van der Waals surface area contributed by atoms with Gasteiger partial charge < -0.3 is 2.96 Å². The summed E-state index contributed by atoms with van der Waals surface area (Å²) in [6, 6.07) is 0. The average molecular weight is 490 g/mol. The van der Waals surface area contributed by atoms with Gasteiger partial charge in [-0.05, 0) is 0 Å². The van der Waals surface area contributed by atoms with Crippen LogP contribution in [0.25, 0.3) is 0 Å². The first-order chi connectivity index (χ1) is 8.81. The first-order valence-corrected chi connectivity index (χ1v) is 5.57. The lowest BCUT2D eigenvalue weighted by molar-refractivity contribution is -0.434. The SMILES string of the molecule is I.[F][Mg][C](F)(F)C(F)(F)C(F)(F)C(F)(F)C(F)(F)C(F)(F)F. The zero-order chi connectivity index (χ0) is 17.7. The van der Waals surface area contributed by atoms with Gasteiger partial charge >= 0.3 is 50.8 Å². The van der Waals surface area contributed by atoms with Gasteiger partial charge in [-0.3, -0.25) is 0 Å². The Morgan fingerprint density at radius 3 is 0.955 bits per heavy atom. The topological polar surface area (TPSA) is 0 Å². The van der Waals surface area contributed by atoms with Crippen molar-refractivity contribution >= 4 is 44.9 Å². The van der Waals surface area contributed by atoms with E-state index in [1.807, 2.05) is 0 Å². The van der Waals surface area contributed by atoms with E-state index in [2.05, 4.69) is 0 Å². The van der Waals surface area contributed by atoms with Crippen molar-refractivity contribution in [3.05, 3.63) is 0 Å². The molecule has 22 heavy (non-hydrogen) atoms. The van der Waals surface area contributed by atoms with Crippen LogP contribution in [-0.2, 0) is 0 Å². The molecule has 0 atom stereocenters. The van der Waals surface area contributed by atoms with E-state index >= 15 is 0 Å². The Bertz CT molecular complexity index is 385. The second kappa shape index (κ2) is 6.43. The Morgan fingerprint density at radius 2 is 0.727 bits per heavy atom. The molecule has 0 unspecified atom stereocenters. The van der Waals surface area contributed by atoms with E-state index in [1.54, 1.807) is 0 Å². The molecular weight excluding hydrogens is 489 g/mol. The fraction of sp³-hybridized carbons (Fsp3) is 1.00. The lowest BCUT2D eigenvalue weighted by atomic mass is 9.98. The van der Waals surface area contributed by atoms with Gasteiger partial charge in [0, 0.05) is 0 Å². The Morgan fingerprint density at radius 1 is 0.455 bits per heavy atom. The Hall–Kier alpha value is 0.516. The first kappa shape index (κ1) is 24.8. The van der Waals surface area contributed by atoms with Crippen LogP contribution in [0, 0.1) is 0 Å². The van der Waals surface area contributed by atoms with Crippen molar-refractivity contribution < 1.29 is 60.0 Å². The van der Waals surface area contributed by atoms with Gasteiger partial charge in [-0.25, -0.2) is 8.78 Å². The van der Waals surface area contributed by atoms with E-state index in [4.69, 9.17) is 0 Å². The second-order valence-corrected chi connectivity index (χ2v) is 4.79. The number of rotatable bonds is 5. The molecule has 0 aliphatic rings. The molecule has 0 aromatic heterocycles. The molecule has 0 radical (unpaired) electrons. The Kier molecular flexibility index (Phi) is 7.24. The maximum absolute atomic E-state index is 12.6. The summed E-state index contributed by atoms with van der Waals surface area (Å²) < 4.78 is 164. The smallest absolute Gasteiger partial charge is 0.476 e. The molecule has 0 spiro atoms. The van der Waals surface area contributed by atoms with Crippen LogP contribution in [0.4, 0.5) is 60.0 Å². The van der Waals surface area contributed by atoms with Crippen LogP contribution in [0.5, 0.6) is 0 Å². The van der Waals surface area contributed by atoms with E-state index in [9.17, 15) is 60.0 Å². The summed E-state index contributed by atoms with van der Waals surface area (Å²) in [6.45, 7) is 0. The molecule has 0 rings (SSSR count). The van der Waals surface area contributed by atoms with Gasteiger partial charge in [-0.1, -0.05) is 0 Å². The van der Waals surface area contributed by atoms with Crippen molar-refractivity contribution in [2.45, 2.75) is 33.9 Å². The van der Waals surface area contributed by atoms with E-state index in [1.165, 1.54) is 0 Å². The van der Waals surface area contributed by atoms with Crippen LogP contribution in [0.1, 0.15) is 0 Å². The van der Waals surface area contributed by atoms with Crippen molar-refractivity contribution in [2.24, 2.45) is 0 Å². The molecule has 0 amide bonds. The van der Waals surface area contributed by atoms with Crippen LogP contribution >= 0.6 is 24.0 Å². The molecule has 0 bridgehead atoms. The molecule has 132 valence electrons. The van der Waals surface area contributed by atoms with Gasteiger partial charge in [0.15, 0.2) is 0 Å². The zero-order valence-corrected chi connectivity index (χ0v) is 13.2. The Balaban J connectivity index is 0. The van der Waals surface area contributed by atoms with Crippen LogP contribution in [0.15, 0.2) is 0 Å². The van der Waals surface area contributed by atoms with Gasteiger partial charge in [-0.15, -0.1) is 24.0 Å². The quantitative estimate of drug-likeness (QED) is 0.293. The normalized spacial score (nSPS) is 15.2. The summed E-state index contributed by atoms with van der Waals surface area (Å²) in [5.74, 6) is -31.0. The number of alkyl halides is 13. The minimum Gasteiger partial charge on any atom is -0.476 e. The van der Waals surface area contributed by atoms with Crippen molar-refractivity contribution in [3.63, 3.8) is 0 Å². The summed E-state index contributed by atoms with van der Waals surface area (Å²) >= 11 is -5.00. The van der Waals surface area contributed by atoms with E-state index in [0.717, 1.165) is 0 Å². The van der Waals surface area contributed by atoms with Crippen LogP contribution in [-0.4, -0.2) is 54.8 Å². The highest BCUT2D eigenvalue weighted by atomic mass is 127. The minimum atomic E-state index is -7.95. The molecule has 0 saturated heterocycles. The van der Waals surface area contributed by atoms with Crippen molar-refractivity contribution in [2.75, 3.05) is 0 Å². The molecule has 16 heteroatoms. The van der Waals surface area contributed by atoms with E-state index < -0.39 is 54.8 Å². The molecular formula is C6HF14IMg. The van der Waals surface area contributed by atoms with Crippen molar-refractivity contribution in [1.82, 2.24) is 0 Å². The molecule has 0 saturated carbocycles. The maximum atomic E-state index is 12.6. The van der Waals surface area contributed by atoms with Crippen molar-refractivity contribution in [3.8, 4) is 0 Å². The lowest BCUT2D eigenvalue weighted by Crippen LogP contribution is -2.70. The molecule has 0 aromatic rings. The molecule has 0 heterocycles. The third-order valence-corrected chi connectivity index (χ3v) is 2.95. The van der Waals surface area contributed by atoms with Gasteiger partial charge in [0.05, 0.1) is 0 Å². The number of halogens is 15. The van der Waals surface area contributed by atoms with E-state index in [-0.39, 0.29) is 24.0 Å². The monoisotopic (exact) mass is 490 g/mol. The fourth-order valence-electron chi connectivity index (χ4n) is 0.886. The summed E-state index contributed by atoms with van der Waals surface area (Å²) in [7, 11) is 0. The predicted molar refractivity (Wildman–Crippen MR) is 53.1 cm³/mol. The van der Waals surface area contributed by atoms with Crippen LogP contribution in [0.2, 0.25) is 0 Å². The highest BCUT2D eigenvalue weighted by Crippen LogP contribution is 2.59. The predicted octanol–water partition coefficient (Wildman–Crippen LogP) is 4.89. The summed E-state index contributed by atoms with van der Waals surface area (Å²) in [5.41, 5.74) is 0. The summed E-state index contributed by atoms with van der Waals surface area (Å²) in [6.07, 6.45) is -7.45. The maximum Gasteiger partial charge on any atom is 0.716 e. The zero-order valence-electron chi connectivity index (χ0n) is 9.41. The third kappa shape index (κ3) is 3.32. The average Bonchev–Trinajstić information content (AvgIpc) is 2.26. The third-order valence-electron chi connectivity index (χ3n) is 2.17. The number of hydrogen-bond acceptors (Lipinski definition) is 0. The van der Waals surface area contributed by atoms with Crippen molar-refractivity contribution in [1.29, 1.82) is 0 Å². The standard InChI is InChI=1S/C6F13.FH.HI.Mg/c7-1(8)2(9,10)3(11,12)4(13,14)5(15,16)6(17,18)19;;;/h;2*1H;/q;;;+1/p-1. The summed E-state index contributed by atoms with van der Waals surface area (Å²) in [5, 5.41) is 0. The molecule has 0 N–H and O–H groups in total. The molecule has 0 aromatic carbocycles. The van der Waals surface area contributed by atoms with Crippen LogP contribution in [0.3, 0.4) is 0 Å². The number of hydrogen-bond donors (Lipinski definition) is 0. The highest BCUT2D eigenvalue weighted by Gasteiger charge is 2.90. The molecule has 0 nitrogen and oxygen atoms in total. The molecule has 0 fully saturated rings. The van der Waals surface area contributed by atoms with E-state index in [0.29, 0.717) is 0 Å². The Labute approximate surface area is 139 Å². The first-order valence-electron chi connectivity index (χ1n) is 4.33. The lowest BCUT2D eigenvalue weighted by Gasteiger charge is -2.39. The largest absolute Gasteiger partial charge is 0.716 e. The fourth-order valence-corrected chi connectivity index (χ4v) is 1.28. The summed E-state index contributed by atoms with van der Waals surface area (Å²) in [4.78, 5) is 0. The van der Waals surface area contributed by atoms with Crippen LogP contribution < -0.4 is 0 Å². The molecule has 0 aliphatic carbocycles. The highest BCUT2D eigenvalue weighted by molar-refractivity contribution is 14.0. The van der Waals surface area contributed by atoms with Gasteiger partial charge in [-0.2, -0.15) is 48.3 Å². The van der Waals surface area contributed by atoms with Gasteiger partial charge in [0.1, 0.15) is 0 Å².